The summed E-state index contributed by atoms with van der Waals surface area (Å²) in [7, 11) is 3.94. The molecule has 0 aliphatic carbocycles. The lowest BCUT2D eigenvalue weighted by molar-refractivity contribution is 0.282. The summed E-state index contributed by atoms with van der Waals surface area (Å²) in [4.78, 5) is 2.01. The zero-order chi connectivity index (χ0) is 10.0. The van der Waals surface area contributed by atoms with E-state index in [1.807, 2.05) is 38.1 Å². The molecule has 1 aromatic carbocycles. The summed E-state index contributed by atoms with van der Waals surface area (Å²) in [5.41, 5.74) is 9.39. The van der Waals surface area contributed by atoms with Crippen molar-refractivity contribution in [3.05, 3.63) is 23.3 Å². The van der Waals surface area contributed by atoms with Crippen molar-refractivity contribution < 1.29 is 5.11 Å². The molecule has 3 N–H and O–H groups in total. The molecular formula is C10H16N2O. The van der Waals surface area contributed by atoms with Gasteiger partial charge in [-0.1, -0.05) is 0 Å². The van der Waals surface area contributed by atoms with Crippen LogP contribution in [0.3, 0.4) is 0 Å². The average molecular weight is 180 g/mol. The summed E-state index contributed by atoms with van der Waals surface area (Å²) in [6.45, 7) is 2.00. The molecule has 0 aliphatic rings. The molecule has 0 bridgehead atoms. The van der Waals surface area contributed by atoms with Crippen LogP contribution in [0.5, 0.6) is 0 Å². The minimum Gasteiger partial charge on any atom is -0.398 e. The van der Waals surface area contributed by atoms with Gasteiger partial charge in [-0.3, -0.25) is 0 Å². The Bertz CT molecular complexity index is 308. The third-order valence-electron chi connectivity index (χ3n) is 2.11. The lowest BCUT2D eigenvalue weighted by Gasteiger charge is -2.17. The number of rotatable bonds is 2. The van der Waals surface area contributed by atoms with Crippen molar-refractivity contribution in [2.24, 2.45) is 0 Å². The highest BCUT2D eigenvalue weighted by Gasteiger charge is 2.05. The highest BCUT2D eigenvalue weighted by molar-refractivity contribution is 5.62. The van der Waals surface area contributed by atoms with Crippen LogP contribution in [0.25, 0.3) is 0 Å². The van der Waals surface area contributed by atoms with Crippen molar-refractivity contribution in [3.8, 4) is 0 Å². The van der Waals surface area contributed by atoms with E-state index in [-0.39, 0.29) is 6.61 Å². The molecule has 13 heavy (non-hydrogen) atoms. The highest BCUT2D eigenvalue weighted by atomic mass is 16.3. The number of nitrogens with zero attached hydrogens (tertiary/aromatic N) is 1. The molecule has 0 saturated heterocycles. The molecule has 0 atom stereocenters. The van der Waals surface area contributed by atoms with E-state index in [4.69, 9.17) is 10.8 Å². The van der Waals surface area contributed by atoms with Crippen molar-refractivity contribution in [2.45, 2.75) is 13.5 Å². The molecule has 1 aromatic rings. The minimum atomic E-state index is -0.00699. The Morgan fingerprint density at radius 3 is 2.46 bits per heavy atom. The Kier molecular flexibility index (Phi) is 2.78. The average Bonchev–Trinajstić information content (AvgIpc) is 2.03. The zero-order valence-corrected chi connectivity index (χ0v) is 8.33. The van der Waals surface area contributed by atoms with E-state index in [1.165, 1.54) is 0 Å². The number of aliphatic hydroxyl groups excluding tert-OH is 1. The van der Waals surface area contributed by atoms with E-state index in [0.29, 0.717) is 5.69 Å². The van der Waals surface area contributed by atoms with Crippen molar-refractivity contribution >= 4 is 11.4 Å². The third kappa shape index (κ3) is 1.92. The highest BCUT2D eigenvalue weighted by Crippen LogP contribution is 2.24. The fraction of sp³-hybridized carbons (Fsp3) is 0.400. The van der Waals surface area contributed by atoms with Gasteiger partial charge in [0, 0.05) is 31.0 Å². The molecule has 0 saturated carbocycles. The van der Waals surface area contributed by atoms with Crippen LogP contribution in [-0.2, 0) is 6.61 Å². The van der Waals surface area contributed by atoms with Crippen LogP contribution < -0.4 is 10.6 Å². The van der Waals surface area contributed by atoms with Crippen molar-refractivity contribution in [3.63, 3.8) is 0 Å². The SMILES string of the molecule is Cc1cc(N)c(CO)cc1N(C)C. The van der Waals surface area contributed by atoms with Crippen LogP contribution in [0.4, 0.5) is 11.4 Å². The van der Waals surface area contributed by atoms with Gasteiger partial charge in [-0.05, 0) is 24.6 Å². The van der Waals surface area contributed by atoms with E-state index in [1.54, 1.807) is 0 Å². The Balaban J connectivity index is 3.22. The molecule has 72 valence electrons. The van der Waals surface area contributed by atoms with Crippen LogP contribution in [0, 0.1) is 6.92 Å². The van der Waals surface area contributed by atoms with Crippen LogP contribution in [-0.4, -0.2) is 19.2 Å². The van der Waals surface area contributed by atoms with E-state index in [9.17, 15) is 0 Å². The molecule has 1 rings (SSSR count). The number of hydrogen-bond donors (Lipinski definition) is 2. The standard InChI is InChI=1S/C10H16N2O/c1-7-4-9(11)8(6-13)5-10(7)12(2)3/h4-5,13H,6,11H2,1-3H3. The predicted molar refractivity (Wildman–Crippen MR) is 55.8 cm³/mol. The van der Waals surface area contributed by atoms with Crippen LogP contribution in [0.15, 0.2) is 12.1 Å². The maximum Gasteiger partial charge on any atom is 0.0702 e. The van der Waals surface area contributed by atoms with Gasteiger partial charge in [0.05, 0.1) is 6.61 Å². The summed E-state index contributed by atoms with van der Waals surface area (Å²) in [6, 6.07) is 3.81. The van der Waals surface area contributed by atoms with Gasteiger partial charge >= 0.3 is 0 Å². The van der Waals surface area contributed by atoms with E-state index >= 15 is 0 Å². The molecular weight excluding hydrogens is 164 g/mol. The first-order valence-electron chi connectivity index (χ1n) is 4.23. The fourth-order valence-electron chi connectivity index (χ4n) is 1.38. The van der Waals surface area contributed by atoms with Crippen molar-refractivity contribution in [2.75, 3.05) is 24.7 Å². The Labute approximate surface area is 78.8 Å². The molecule has 0 aliphatic heterocycles. The zero-order valence-electron chi connectivity index (χ0n) is 8.33. The van der Waals surface area contributed by atoms with Gasteiger partial charge < -0.3 is 15.7 Å². The Hall–Kier alpha value is -1.22. The van der Waals surface area contributed by atoms with Crippen molar-refractivity contribution in [1.29, 1.82) is 0 Å². The molecule has 3 nitrogen and oxygen atoms in total. The number of nitrogen functional groups attached to an aromatic ring is 1. The first-order valence-corrected chi connectivity index (χ1v) is 4.23. The number of nitrogens with two attached hydrogens (primary N) is 1. The quantitative estimate of drug-likeness (QED) is 0.671. The molecule has 0 heterocycles. The second kappa shape index (κ2) is 3.66. The lowest BCUT2D eigenvalue weighted by Crippen LogP contribution is -2.11. The molecule has 0 fully saturated rings. The largest absolute Gasteiger partial charge is 0.398 e. The maximum absolute atomic E-state index is 9.02. The summed E-state index contributed by atoms with van der Waals surface area (Å²) >= 11 is 0. The fourth-order valence-corrected chi connectivity index (χ4v) is 1.38. The van der Waals surface area contributed by atoms with Crippen LogP contribution in [0.1, 0.15) is 11.1 Å². The first kappa shape index (κ1) is 9.86. The molecule has 3 heteroatoms. The van der Waals surface area contributed by atoms with Crippen molar-refractivity contribution in [1.82, 2.24) is 0 Å². The van der Waals surface area contributed by atoms with Gasteiger partial charge in [-0.2, -0.15) is 0 Å². The number of aliphatic hydroxyl groups is 1. The van der Waals surface area contributed by atoms with Gasteiger partial charge in [0.2, 0.25) is 0 Å². The van der Waals surface area contributed by atoms with Gasteiger partial charge in [0.15, 0.2) is 0 Å². The molecule has 0 radical (unpaired) electrons. The van der Waals surface area contributed by atoms with Gasteiger partial charge in [0.25, 0.3) is 0 Å². The van der Waals surface area contributed by atoms with E-state index in [2.05, 4.69) is 0 Å². The van der Waals surface area contributed by atoms with E-state index in [0.717, 1.165) is 16.8 Å². The van der Waals surface area contributed by atoms with Gasteiger partial charge in [0.1, 0.15) is 0 Å². The number of benzene rings is 1. The van der Waals surface area contributed by atoms with E-state index < -0.39 is 0 Å². The summed E-state index contributed by atoms with van der Waals surface area (Å²) < 4.78 is 0. The summed E-state index contributed by atoms with van der Waals surface area (Å²) in [5.74, 6) is 0. The second-order valence-electron chi connectivity index (χ2n) is 3.39. The molecule has 0 spiro atoms. The lowest BCUT2D eigenvalue weighted by atomic mass is 10.1. The molecule has 0 unspecified atom stereocenters. The van der Waals surface area contributed by atoms with Crippen LogP contribution in [0.2, 0.25) is 0 Å². The number of hydrogen-bond acceptors (Lipinski definition) is 3. The smallest absolute Gasteiger partial charge is 0.0702 e. The number of aryl methyl sites for hydroxylation is 1. The maximum atomic E-state index is 9.02. The topological polar surface area (TPSA) is 49.5 Å². The predicted octanol–water partition coefficient (Wildman–Crippen LogP) is 1.14. The molecule has 0 aromatic heterocycles. The Morgan fingerprint density at radius 2 is 2.00 bits per heavy atom. The normalized spacial score (nSPS) is 10.2. The van der Waals surface area contributed by atoms with Gasteiger partial charge in [-0.15, -0.1) is 0 Å². The Morgan fingerprint density at radius 1 is 1.38 bits per heavy atom. The first-order chi connectivity index (χ1) is 6.06. The second-order valence-corrected chi connectivity index (χ2v) is 3.39. The monoisotopic (exact) mass is 180 g/mol. The van der Waals surface area contributed by atoms with Crippen LogP contribution >= 0.6 is 0 Å². The number of anilines is 2. The third-order valence-corrected chi connectivity index (χ3v) is 2.11. The summed E-state index contributed by atoms with van der Waals surface area (Å²) in [5, 5.41) is 9.02. The molecule has 0 amide bonds. The van der Waals surface area contributed by atoms with Gasteiger partial charge in [-0.25, -0.2) is 0 Å². The summed E-state index contributed by atoms with van der Waals surface area (Å²) in [6.07, 6.45) is 0. The minimum absolute atomic E-state index is 0.00699.